The van der Waals surface area contributed by atoms with Gasteiger partial charge < -0.3 is 10.1 Å². The van der Waals surface area contributed by atoms with Gasteiger partial charge in [-0.2, -0.15) is 5.10 Å². The SMILES string of the molecule is CCCOc1cccnc1Nc1ccn(C)n1. The number of aryl methyl sites for hydroxylation is 1. The Balaban J connectivity index is 2.14. The Kier molecular flexibility index (Phi) is 3.59. The van der Waals surface area contributed by atoms with Crippen molar-refractivity contribution in [3.63, 3.8) is 0 Å². The normalized spacial score (nSPS) is 10.2. The van der Waals surface area contributed by atoms with E-state index in [-0.39, 0.29) is 0 Å². The second-order valence-electron chi connectivity index (χ2n) is 3.70. The third-order valence-electron chi connectivity index (χ3n) is 2.19. The summed E-state index contributed by atoms with van der Waals surface area (Å²) in [7, 11) is 1.87. The average Bonchev–Trinajstić information content (AvgIpc) is 2.74. The molecule has 0 saturated heterocycles. The van der Waals surface area contributed by atoms with E-state index in [0.717, 1.165) is 18.0 Å². The summed E-state index contributed by atoms with van der Waals surface area (Å²) in [6, 6.07) is 5.64. The predicted octanol–water partition coefficient (Wildman–Crippen LogP) is 2.35. The van der Waals surface area contributed by atoms with E-state index in [1.165, 1.54) is 0 Å². The van der Waals surface area contributed by atoms with Gasteiger partial charge in [-0.3, -0.25) is 4.68 Å². The van der Waals surface area contributed by atoms with E-state index >= 15 is 0 Å². The molecule has 0 radical (unpaired) electrons. The summed E-state index contributed by atoms with van der Waals surface area (Å²) in [4.78, 5) is 4.25. The molecule has 90 valence electrons. The van der Waals surface area contributed by atoms with Crippen LogP contribution in [0.25, 0.3) is 0 Å². The summed E-state index contributed by atoms with van der Waals surface area (Å²) in [5.74, 6) is 2.20. The highest BCUT2D eigenvalue weighted by Crippen LogP contribution is 2.23. The van der Waals surface area contributed by atoms with Crippen LogP contribution in [0.1, 0.15) is 13.3 Å². The number of pyridine rings is 1. The van der Waals surface area contributed by atoms with Crippen molar-refractivity contribution in [2.75, 3.05) is 11.9 Å². The number of nitrogens with zero attached hydrogens (tertiary/aromatic N) is 3. The molecule has 5 nitrogen and oxygen atoms in total. The molecular formula is C12H16N4O. The maximum Gasteiger partial charge on any atom is 0.174 e. The Morgan fingerprint density at radius 2 is 2.29 bits per heavy atom. The maximum absolute atomic E-state index is 5.61. The first kappa shape index (κ1) is 11.4. The van der Waals surface area contributed by atoms with Gasteiger partial charge >= 0.3 is 0 Å². The maximum atomic E-state index is 5.61. The molecule has 0 fully saturated rings. The average molecular weight is 232 g/mol. The topological polar surface area (TPSA) is 52.0 Å². The molecule has 5 heteroatoms. The standard InChI is InChI=1S/C12H16N4O/c1-3-9-17-10-5-4-7-13-12(10)14-11-6-8-16(2)15-11/h4-8H,3,9H2,1-2H3,(H,13,14,15). The van der Waals surface area contributed by atoms with Crippen molar-refractivity contribution in [2.45, 2.75) is 13.3 Å². The van der Waals surface area contributed by atoms with Gasteiger partial charge in [0.2, 0.25) is 0 Å². The minimum Gasteiger partial charge on any atom is -0.490 e. The monoisotopic (exact) mass is 232 g/mol. The van der Waals surface area contributed by atoms with Crippen molar-refractivity contribution in [1.82, 2.24) is 14.8 Å². The molecule has 0 atom stereocenters. The van der Waals surface area contributed by atoms with Gasteiger partial charge in [0, 0.05) is 25.5 Å². The molecule has 0 spiro atoms. The lowest BCUT2D eigenvalue weighted by atomic mass is 10.4. The number of hydrogen-bond donors (Lipinski definition) is 1. The third kappa shape index (κ3) is 2.96. The Morgan fingerprint density at radius 1 is 1.41 bits per heavy atom. The van der Waals surface area contributed by atoms with Crippen LogP contribution in [0.15, 0.2) is 30.6 Å². The van der Waals surface area contributed by atoms with E-state index < -0.39 is 0 Å². The fourth-order valence-electron chi connectivity index (χ4n) is 1.42. The Morgan fingerprint density at radius 3 is 3.00 bits per heavy atom. The second-order valence-corrected chi connectivity index (χ2v) is 3.70. The first-order valence-corrected chi connectivity index (χ1v) is 5.64. The molecule has 0 aliphatic rings. The molecule has 0 amide bonds. The molecule has 0 unspecified atom stereocenters. The number of hydrogen-bond acceptors (Lipinski definition) is 4. The van der Waals surface area contributed by atoms with Gasteiger partial charge in [-0.1, -0.05) is 6.92 Å². The fraction of sp³-hybridized carbons (Fsp3) is 0.333. The molecule has 0 bridgehead atoms. The summed E-state index contributed by atoms with van der Waals surface area (Å²) in [5.41, 5.74) is 0. The highest BCUT2D eigenvalue weighted by atomic mass is 16.5. The van der Waals surface area contributed by atoms with Crippen molar-refractivity contribution in [2.24, 2.45) is 7.05 Å². The van der Waals surface area contributed by atoms with Crippen molar-refractivity contribution in [1.29, 1.82) is 0 Å². The van der Waals surface area contributed by atoms with Crippen LogP contribution in [0.2, 0.25) is 0 Å². The zero-order valence-electron chi connectivity index (χ0n) is 10.1. The molecule has 2 aromatic rings. The smallest absolute Gasteiger partial charge is 0.174 e. The van der Waals surface area contributed by atoms with Crippen LogP contribution in [-0.4, -0.2) is 21.4 Å². The summed E-state index contributed by atoms with van der Waals surface area (Å²) in [6.45, 7) is 2.75. The number of rotatable bonds is 5. The minimum absolute atomic E-state index is 0.683. The van der Waals surface area contributed by atoms with Crippen molar-refractivity contribution < 1.29 is 4.74 Å². The minimum atomic E-state index is 0.683. The molecule has 0 saturated carbocycles. The number of anilines is 2. The lowest BCUT2D eigenvalue weighted by molar-refractivity contribution is 0.318. The van der Waals surface area contributed by atoms with E-state index in [4.69, 9.17) is 4.74 Å². The lowest BCUT2D eigenvalue weighted by Gasteiger charge is -2.09. The lowest BCUT2D eigenvalue weighted by Crippen LogP contribution is -2.01. The quantitative estimate of drug-likeness (QED) is 0.859. The number of aromatic nitrogens is 3. The summed E-state index contributed by atoms with van der Waals surface area (Å²) in [5, 5.41) is 7.37. The van der Waals surface area contributed by atoms with Crippen LogP contribution in [-0.2, 0) is 7.05 Å². The molecule has 2 aromatic heterocycles. The van der Waals surface area contributed by atoms with Crippen LogP contribution >= 0.6 is 0 Å². The van der Waals surface area contributed by atoms with Gasteiger partial charge in [0.1, 0.15) is 0 Å². The van der Waals surface area contributed by atoms with Gasteiger partial charge in [0.25, 0.3) is 0 Å². The summed E-state index contributed by atoms with van der Waals surface area (Å²) in [6.07, 6.45) is 4.57. The highest BCUT2D eigenvalue weighted by Gasteiger charge is 2.05. The van der Waals surface area contributed by atoms with Gasteiger partial charge in [-0.15, -0.1) is 0 Å². The van der Waals surface area contributed by atoms with Crippen LogP contribution in [0.5, 0.6) is 5.75 Å². The zero-order valence-corrected chi connectivity index (χ0v) is 10.1. The first-order chi connectivity index (χ1) is 8.29. The Labute approximate surface area is 100 Å². The van der Waals surface area contributed by atoms with Crippen LogP contribution in [0, 0.1) is 0 Å². The molecule has 2 rings (SSSR count). The van der Waals surface area contributed by atoms with Crippen molar-refractivity contribution in [3.8, 4) is 5.75 Å². The molecule has 1 N–H and O–H groups in total. The van der Waals surface area contributed by atoms with Crippen LogP contribution < -0.4 is 10.1 Å². The van der Waals surface area contributed by atoms with Crippen LogP contribution in [0.4, 0.5) is 11.6 Å². The van der Waals surface area contributed by atoms with Gasteiger partial charge in [-0.25, -0.2) is 4.98 Å². The Hall–Kier alpha value is -2.04. The summed E-state index contributed by atoms with van der Waals surface area (Å²) >= 11 is 0. The molecule has 17 heavy (non-hydrogen) atoms. The number of ether oxygens (including phenoxy) is 1. The zero-order chi connectivity index (χ0) is 12.1. The molecule has 0 aromatic carbocycles. The molecule has 0 aliphatic carbocycles. The highest BCUT2D eigenvalue weighted by molar-refractivity contribution is 5.58. The predicted molar refractivity (Wildman–Crippen MR) is 66.5 cm³/mol. The first-order valence-electron chi connectivity index (χ1n) is 5.64. The van der Waals surface area contributed by atoms with Crippen LogP contribution in [0.3, 0.4) is 0 Å². The third-order valence-corrected chi connectivity index (χ3v) is 2.19. The molecular weight excluding hydrogens is 216 g/mol. The second kappa shape index (κ2) is 5.34. The van der Waals surface area contributed by atoms with Gasteiger partial charge in [0.05, 0.1) is 6.61 Å². The van der Waals surface area contributed by atoms with E-state index in [9.17, 15) is 0 Å². The fourth-order valence-corrected chi connectivity index (χ4v) is 1.42. The van der Waals surface area contributed by atoms with Gasteiger partial charge in [-0.05, 0) is 18.6 Å². The largest absolute Gasteiger partial charge is 0.490 e. The van der Waals surface area contributed by atoms with Crippen molar-refractivity contribution in [3.05, 3.63) is 30.6 Å². The van der Waals surface area contributed by atoms with Crippen molar-refractivity contribution >= 4 is 11.6 Å². The van der Waals surface area contributed by atoms with E-state index in [1.807, 2.05) is 31.4 Å². The molecule has 0 aliphatic heterocycles. The van der Waals surface area contributed by atoms with Gasteiger partial charge in [0.15, 0.2) is 17.4 Å². The van der Waals surface area contributed by atoms with E-state index in [0.29, 0.717) is 12.4 Å². The Bertz CT molecular complexity index is 481. The molecule has 2 heterocycles. The number of nitrogens with one attached hydrogen (secondary N) is 1. The van der Waals surface area contributed by atoms with E-state index in [2.05, 4.69) is 22.3 Å². The summed E-state index contributed by atoms with van der Waals surface area (Å²) < 4.78 is 7.34. The van der Waals surface area contributed by atoms with E-state index in [1.54, 1.807) is 10.9 Å².